The van der Waals surface area contributed by atoms with E-state index in [1.165, 1.54) is 70.2 Å². The van der Waals surface area contributed by atoms with Gasteiger partial charge in [-0.05, 0) is 162 Å². The van der Waals surface area contributed by atoms with Gasteiger partial charge in [0.1, 0.15) is 0 Å². The maximum absolute atomic E-state index is 6.14. The van der Waals surface area contributed by atoms with Crippen molar-refractivity contribution in [3.63, 3.8) is 0 Å². The summed E-state index contributed by atoms with van der Waals surface area (Å²) >= 11 is 0. The van der Waals surface area contributed by atoms with Crippen LogP contribution in [0.2, 0.25) is 0 Å². The molecule has 2 rings (SSSR count). The second-order valence-corrected chi connectivity index (χ2v) is 25.1. The lowest BCUT2D eigenvalue weighted by Crippen LogP contribution is -2.27. The Labute approximate surface area is 387 Å². The zero-order valence-electron chi connectivity index (χ0n) is 44.6. The highest BCUT2D eigenvalue weighted by Gasteiger charge is 2.31. The van der Waals surface area contributed by atoms with Crippen LogP contribution in [0, 0.1) is 33.5 Å². The summed E-state index contributed by atoms with van der Waals surface area (Å²) in [4.78, 5) is 0. The van der Waals surface area contributed by atoms with Gasteiger partial charge in [-0.1, -0.05) is 209 Å². The Bertz CT molecular complexity index is 1710. The average molecular weight is 849 g/mol. The van der Waals surface area contributed by atoms with Gasteiger partial charge in [-0.3, -0.25) is 0 Å². The summed E-state index contributed by atoms with van der Waals surface area (Å²) in [6, 6.07) is 7.34. The summed E-state index contributed by atoms with van der Waals surface area (Å²) in [5.74, 6) is 1.29. The molecule has 1 aromatic carbocycles. The number of aryl methyl sites for hydroxylation is 1. The first kappa shape index (κ1) is 55.5. The Kier molecular flexibility index (Phi) is 21.0. The summed E-state index contributed by atoms with van der Waals surface area (Å²) in [7, 11) is 1.91. The topological polar surface area (TPSA) is 9.23 Å². The fraction of sp³-hybridized carbons (Fsp3) is 0.672. The van der Waals surface area contributed by atoms with Crippen LogP contribution in [0.4, 0.5) is 0 Å². The van der Waals surface area contributed by atoms with Crippen LogP contribution in [-0.2, 0) is 22.0 Å². The first-order chi connectivity index (χ1) is 28.4. The van der Waals surface area contributed by atoms with Crippen molar-refractivity contribution in [2.75, 3.05) is 13.7 Å². The van der Waals surface area contributed by atoms with Crippen molar-refractivity contribution in [3.8, 4) is 0 Å². The molecule has 350 valence electrons. The van der Waals surface area contributed by atoms with E-state index in [-0.39, 0.29) is 32.5 Å². The summed E-state index contributed by atoms with van der Waals surface area (Å²) in [6.07, 6.45) is 29.1. The largest absolute Gasteiger partial charge is 0.384 e. The summed E-state index contributed by atoms with van der Waals surface area (Å²) < 4.78 is 6.14. The number of rotatable bonds is 22. The van der Waals surface area contributed by atoms with E-state index < -0.39 is 0 Å². The smallest absolute Gasteiger partial charge is 0.0518 e. The van der Waals surface area contributed by atoms with E-state index in [1.807, 2.05) is 7.11 Å². The molecule has 0 bridgehead atoms. The predicted octanol–water partition coefficient (Wildman–Crippen LogP) is 19.0. The highest BCUT2D eigenvalue weighted by molar-refractivity contribution is 5.38. The van der Waals surface area contributed by atoms with Crippen LogP contribution in [0.15, 0.2) is 101 Å². The van der Waals surface area contributed by atoms with Gasteiger partial charge >= 0.3 is 0 Å². The molecule has 0 saturated heterocycles. The second kappa shape index (κ2) is 23.5. The molecule has 1 aromatic rings. The molecule has 0 amide bonds. The van der Waals surface area contributed by atoms with Gasteiger partial charge in [0.2, 0.25) is 0 Å². The molecule has 1 heteroatoms. The highest BCUT2D eigenvalue weighted by Crippen LogP contribution is 2.42. The Hall–Kier alpha value is -2.64. The SMILES string of the molecule is C=C(CCC1=CC(C(C)(C)C)=CC(C(C)C)C1)CCC(CCCC/C=C/C(=C\C(=C/C)C(C)(C)C)C(C)(C)C)(CCC(=C)CCc1cc(C(C)(C)C)cc(C(C)(C)C)c1)COC. The van der Waals surface area contributed by atoms with Gasteiger partial charge in [0, 0.05) is 7.11 Å². The number of hydrogen-bond donors (Lipinski definition) is 0. The maximum atomic E-state index is 6.14. The van der Waals surface area contributed by atoms with Crippen LogP contribution in [0.3, 0.4) is 0 Å². The molecule has 0 aromatic heterocycles. The van der Waals surface area contributed by atoms with Crippen LogP contribution in [0.1, 0.15) is 218 Å². The molecule has 1 nitrogen and oxygen atoms in total. The van der Waals surface area contributed by atoms with Gasteiger partial charge in [-0.2, -0.15) is 0 Å². The van der Waals surface area contributed by atoms with Crippen LogP contribution in [-0.4, -0.2) is 13.7 Å². The van der Waals surface area contributed by atoms with Crippen molar-refractivity contribution in [3.05, 3.63) is 118 Å². The number of ether oxygens (including phenoxy) is 1. The van der Waals surface area contributed by atoms with Crippen molar-refractivity contribution in [1.29, 1.82) is 0 Å². The Morgan fingerprint density at radius 3 is 1.68 bits per heavy atom. The van der Waals surface area contributed by atoms with E-state index in [0.29, 0.717) is 11.8 Å². The number of hydrogen-bond acceptors (Lipinski definition) is 1. The van der Waals surface area contributed by atoms with Crippen LogP contribution in [0.25, 0.3) is 0 Å². The van der Waals surface area contributed by atoms with Crippen molar-refractivity contribution < 1.29 is 4.74 Å². The van der Waals surface area contributed by atoms with E-state index in [4.69, 9.17) is 17.9 Å². The molecule has 0 heterocycles. The van der Waals surface area contributed by atoms with E-state index in [9.17, 15) is 0 Å². The molecule has 0 N–H and O–H groups in total. The lowest BCUT2D eigenvalue weighted by Gasteiger charge is -2.35. The van der Waals surface area contributed by atoms with Crippen molar-refractivity contribution in [2.45, 2.75) is 219 Å². The molecular weight excluding hydrogens is 749 g/mol. The van der Waals surface area contributed by atoms with Crippen molar-refractivity contribution in [1.82, 2.24) is 0 Å². The van der Waals surface area contributed by atoms with Crippen LogP contribution < -0.4 is 0 Å². The van der Waals surface area contributed by atoms with Gasteiger partial charge in [-0.15, -0.1) is 0 Å². The molecular formula is C61H100O. The van der Waals surface area contributed by atoms with Gasteiger partial charge in [0.25, 0.3) is 0 Å². The van der Waals surface area contributed by atoms with Crippen LogP contribution >= 0.6 is 0 Å². The zero-order chi connectivity index (χ0) is 47.3. The standard InChI is InChI=1S/C61H100O/c1-22-51(56(6,7)8)42-52(57(9,10)11)27-25-23-24-26-34-61(44-62-21,35-32-46(4)28-30-48-37-50(45(2)3)41-53(38-48)58(12,13)14)36-33-47(5)29-31-49-39-54(59(15,16)17)43-55(40-49)60(18,19)20/h22,25,27,38-43,45,50H,4-5,23-24,26,28-37,44H2,1-3,6-21H3/b27-25+,51-22+,52-42+. The Morgan fingerprint density at radius 1 is 0.694 bits per heavy atom. The first-order valence-electron chi connectivity index (χ1n) is 24.8. The van der Waals surface area contributed by atoms with Crippen molar-refractivity contribution in [2.24, 2.45) is 33.5 Å². The molecule has 0 fully saturated rings. The molecule has 0 saturated carbocycles. The number of benzene rings is 1. The van der Waals surface area contributed by atoms with Gasteiger partial charge < -0.3 is 4.74 Å². The minimum absolute atomic E-state index is 0.0912. The molecule has 0 aliphatic heterocycles. The van der Waals surface area contributed by atoms with Gasteiger partial charge in [0.15, 0.2) is 0 Å². The van der Waals surface area contributed by atoms with Crippen LogP contribution in [0.5, 0.6) is 0 Å². The molecule has 2 atom stereocenters. The molecule has 0 radical (unpaired) electrons. The molecule has 1 aliphatic carbocycles. The zero-order valence-corrected chi connectivity index (χ0v) is 44.6. The van der Waals surface area contributed by atoms with Gasteiger partial charge in [0.05, 0.1) is 6.61 Å². The minimum atomic E-state index is 0.0912. The number of methoxy groups -OCH3 is 1. The predicted molar refractivity (Wildman–Crippen MR) is 279 cm³/mol. The fourth-order valence-corrected chi connectivity index (χ4v) is 8.77. The van der Waals surface area contributed by atoms with E-state index in [1.54, 1.807) is 5.57 Å². The summed E-state index contributed by atoms with van der Waals surface area (Å²) in [5.41, 5.74) is 13.7. The monoisotopic (exact) mass is 849 g/mol. The third-order valence-corrected chi connectivity index (χ3v) is 13.7. The fourth-order valence-electron chi connectivity index (χ4n) is 8.77. The molecule has 2 unspecified atom stereocenters. The molecule has 1 aliphatic rings. The second-order valence-electron chi connectivity index (χ2n) is 25.1. The maximum Gasteiger partial charge on any atom is 0.0518 e. The lowest BCUT2D eigenvalue weighted by molar-refractivity contribution is 0.0558. The lowest BCUT2D eigenvalue weighted by atomic mass is 9.73. The third kappa shape index (κ3) is 19.2. The quantitative estimate of drug-likeness (QED) is 0.0642. The summed E-state index contributed by atoms with van der Waals surface area (Å²) in [6.45, 7) is 52.2. The molecule has 62 heavy (non-hydrogen) atoms. The third-order valence-electron chi connectivity index (χ3n) is 13.7. The first-order valence-corrected chi connectivity index (χ1v) is 24.8. The number of unbranched alkanes of at least 4 members (excludes halogenated alkanes) is 2. The highest BCUT2D eigenvalue weighted by atomic mass is 16.5. The van der Waals surface area contributed by atoms with Gasteiger partial charge in [-0.25, -0.2) is 0 Å². The Morgan fingerprint density at radius 2 is 1.23 bits per heavy atom. The Balaban J connectivity index is 2.27. The van der Waals surface area contributed by atoms with E-state index in [2.05, 4.69) is 179 Å². The average Bonchev–Trinajstić information content (AvgIpc) is 3.14. The molecule has 0 spiro atoms. The van der Waals surface area contributed by atoms with E-state index >= 15 is 0 Å². The normalized spacial score (nSPS) is 17.4. The minimum Gasteiger partial charge on any atom is -0.384 e. The van der Waals surface area contributed by atoms with Crippen molar-refractivity contribution >= 4 is 0 Å². The van der Waals surface area contributed by atoms with E-state index in [0.717, 1.165) is 64.4 Å². The summed E-state index contributed by atoms with van der Waals surface area (Å²) in [5, 5.41) is 0. The number of allylic oxidation sites excluding steroid dienone is 12.